The predicted octanol–water partition coefficient (Wildman–Crippen LogP) is 3.43. The first-order valence-electron chi connectivity index (χ1n) is 8.02. The van der Waals surface area contributed by atoms with E-state index in [4.69, 9.17) is 0 Å². The molecule has 0 bridgehead atoms. The van der Waals surface area contributed by atoms with E-state index < -0.39 is 12.1 Å². The second-order valence-electron chi connectivity index (χ2n) is 6.34. The summed E-state index contributed by atoms with van der Waals surface area (Å²) in [7, 11) is 0. The van der Waals surface area contributed by atoms with E-state index in [0.717, 1.165) is 51.9 Å². The van der Waals surface area contributed by atoms with Crippen molar-refractivity contribution >= 4 is 0 Å². The Kier molecular flexibility index (Phi) is 5.73. The first-order valence-corrected chi connectivity index (χ1v) is 8.02. The van der Waals surface area contributed by atoms with Crippen LogP contribution in [0.5, 0.6) is 0 Å². The van der Waals surface area contributed by atoms with Gasteiger partial charge in [0.2, 0.25) is 0 Å². The molecule has 0 aromatic heterocycles. The number of halogens is 3. The number of hydrogen-bond donors (Lipinski definition) is 1. The molecule has 1 N–H and O–H groups in total. The quantitative estimate of drug-likeness (QED) is 0.854. The zero-order valence-corrected chi connectivity index (χ0v) is 12.4. The fraction of sp³-hybridized carbons (Fsp3) is 1.00. The second kappa shape index (κ2) is 7.12. The van der Waals surface area contributed by atoms with Crippen molar-refractivity contribution in [3.05, 3.63) is 0 Å². The van der Waals surface area contributed by atoms with Gasteiger partial charge in [-0.3, -0.25) is 0 Å². The van der Waals surface area contributed by atoms with Crippen LogP contribution in [-0.2, 0) is 0 Å². The van der Waals surface area contributed by atoms with Crippen molar-refractivity contribution in [2.24, 2.45) is 11.8 Å². The summed E-state index contributed by atoms with van der Waals surface area (Å²) in [6, 6.07) is 0.135. The van der Waals surface area contributed by atoms with Gasteiger partial charge in [-0.2, -0.15) is 13.2 Å². The molecule has 0 aromatic carbocycles. The lowest BCUT2D eigenvalue weighted by Gasteiger charge is -2.39. The summed E-state index contributed by atoms with van der Waals surface area (Å²) in [5.74, 6) is -0.425. The second-order valence-corrected chi connectivity index (χ2v) is 6.34. The zero-order chi connectivity index (χ0) is 14.6. The standard InChI is InChI=1S/C15H27F3N2/c1-2-20(11-12-6-8-19-9-7-12)14-5-3-4-13(10-14)15(16,17)18/h12-14,19H,2-11H2,1H3. The van der Waals surface area contributed by atoms with Crippen LogP contribution in [0.1, 0.15) is 45.4 Å². The Hall–Kier alpha value is -0.290. The predicted molar refractivity (Wildman–Crippen MR) is 74.6 cm³/mol. The fourth-order valence-electron chi connectivity index (χ4n) is 3.73. The Morgan fingerprint density at radius 1 is 1.10 bits per heavy atom. The van der Waals surface area contributed by atoms with Crippen molar-refractivity contribution in [1.82, 2.24) is 10.2 Å². The van der Waals surface area contributed by atoms with Crippen molar-refractivity contribution < 1.29 is 13.2 Å². The van der Waals surface area contributed by atoms with E-state index in [1.165, 1.54) is 0 Å². The van der Waals surface area contributed by atoms with Gasteiger partial charge in [0.25, 0.3) is 0 Å². The summed E-state index contributed by atoms with van der Waals surface area (Å²) in [6.45, 7) is 6.04. The highest BCUT2D eigenvalue weighted by Gasteiger charge is 2.43. The minimum atomic E-state index is -4.01. The molecule has 2 rings (SSSR count). The van der Waals surface area contributed by atoms with Gasteiger partial charge in [0.1, 0.15) is 0 Å². The largest absolute Gasteiger partial charge is 0.391 e. The number of piperidine rings is 1. The summed E-state index contributed by atoms with van der Waals surface area (Å²) in [5.41, 5.74) is 0. The molecule has 2 unspecified atom stereocenters. The van der Waals surface area contributed by atoms with Crippen LogP contribution in [0.25, 0.3) is 0 Å². The lowest BCUT2D eigenvalue weighted by molar-refractivity contribution is -0.186. The van der Waals surface area contributed by atoms with Crippen LogP contribution >= 0.6 is 0 Å². The van der Waals surface area contributed by atoms with Gasteiger partial charge in [-0.05, 0) is 57.7 Å². The molecule has 0 radical (unpaired) electrons. The summed E-state index contributed by atoms with van der Waals surface area (Å²) >= 11 is 0. The summed E-state index contributed by atoms with van der Waals surface area (Å²) in [4.78, 5) is 2.31. The number of rotatable bonds is 4. The highest BCUT2D eigenvalue weighted by molar-refractivity contribution is 4.85. The molecular weight excluding hydrogens is 265 g/mol. The van der Waals surface area contributed by atoms with Crippen molar-refractivity contribution in [3.63, 3.8) is 0 Å². The van der Waals surface area contributed by atoms with E-state index in [-0.39, 0.29) is 6.04 Å². The average Bonchev–Trinajstić information content (AvgIpc) is 2.45. The van der Waals surface area contributed by atoms with Gasteiger partial charge in [0.15, 0.2) is 0 Å². The van der Waals surface area contributed by atoms with E-state index in [2.05, 4.69) is 17.1 Å². The van der Waals surface area contributed by atoms with Gasteiger partial charge in [-0.15, -0.1) is 0 Å². The highest BCUT2D eigenvalue weighted by Crippen LogP contribution is 2.39. The number of nitrogens with one attached hydrogen (secondary N) is 1. The molecule has 0 spiro atoms. The minimum Gasteiger partial charge on any atom is -0.317 e. The third-order valence-electron chi connectivity index (χ3n) is 4.98. The summed E-state index contributed by atoms with van der Waals surface area (Å²) in [5, 5.41) is 3.35. The highest BCUT2D eigenvalue weighted by atomic mass is 19.4. The van der Waals surface area contributed by atoms with E-state index in [9.17, 15) is 13.2 Å². The molecule has 118 valence electrons. The van der Waals surface area contributed by atoms with Crippen LogP contribution < -0.4 is 5.32 Å². The van der Waals surface area contributed by atoms with Crippen molar-refractivity contribution in [2.75, 3.05) is 26.2 Å². The van der Waals surface area contributed by atoms with Crippen LogP contribution in [0.15, 0.2) is 0 Å². The summed E-state index contributed by atoms with van der Waals surface area (Å²) in [6.07, 6.45) is 0.598. The third-order valence-corrected chi connectivity index (χ3v) is 4.98. The number of hydrogen-bond acceptors (Lipinski definition) is 2. The molecule has 1 heterocycles. The van der Waals surface area contributed by atoms with Gasteiger partial charge in [-0.1, -0.05) is 13.3 Å². The van der Waals surface area contributed by atoms with Crippen LogP contribution in [0.2, 0.25) is 0 Å². The van der Waals surface area contributed by atoms with E-state index in [1.807, 2.05) is 0 Å². The van der Waals surface area contributed by atoms with Gasteiger partial charge >= 0.3 is 6.18 Å². The molecule has 5 heteroatoms. The van der Waals surface area contributed by atoms with Crippen molar-refractivity contribution in [1.29, 1.82) is 0 Å². The molecule has 1 aliphatic carbocycles. The fourth-order valence-corrected chi connectivity index (χ4v) is 3.73. The molecule has 2 atom stereocenters. The maximum Gasteiger partial charge on any atom is 0.391 e. The Labute approximate surface area is 120 Å². The molecule has 2 nitrogen and oxygen atoms in total. The Balaban J connectivity index is 1.89. The van der Waals surface area contributed by atoms with Gasteiger partial charge in [-0.25, -0.2) is 0 Å². The molecule has 2 aliphatic rings. The normalized spacial score (nSPS) is 29.9. The Bertz CT molecular complexity index is 287. The number of nitrogens with zero attached hydrogens (tertiary/aromatic N) is 1. The lowest BCUT2D eigenvalue weighted by atomic mass is 9.84. The van der Waals surface area contributed by atoms with Crippen LogP contribution in [0.3, 0.4) is 0 Å². The zero-order valence-electron chi connectivity index (χ0n) is 12.4. The molecule has 0 amide bonds. The molecule has 1 saturated heterocycles. The van der Waals surface area contributed by atoms with E-state index >= 15 is 0 Å². The van der Waals surface area contributed by atoms with Crippen molar-refractivity contribution in [3.8, 4) is 0 Å². The third kappa shape index (κ3) is 4.35. The maximum atomic E-state index is 12.9. The molecule has 1 saturated carbocycles. The molecule has 2 fully saturated rings. The first kappa shape index (κ1) is 16.1. The minimum absolute atomic E-state index is 0.135. The van der Waals surface area contributed by atoms with Gasteiger partial charge in [0.05, 0.1) is 5.92 Å². The molecule has 20 heavy (non-hydrogen) atoms. The van der Waals surface area contributed by atoms with Crippen LogP contribution in [0.4, 0.5) is 13.2 Å². The maximum absolute atomic E-state index is 12.9. The lowest BCUT2D eigenvalue weighted by Crippen LogP contribution is -2.45. The molecule has 0 aromatic rings. The van der Waals surface area contributed by atoms with Crippen molar-refractivity contribution in [2.45, 2.75) is 57.7 Å². The first-order chi connectivity index (χ1) is 9.50. The summed E-state index contributed by atoms with van der Waals surface area (Å²) < 4.78 is 38.7. The van der Waals surface area contributed by atoms with Crippen LogP contribution in [0, 0.1) is 11.8 Å². The smallest absolute Gasteiger partial charge is 0.317 e. The van der Waals surface area contributed by atoms with E-state index in [0.29, 0.717) is 18.8 Å². The monoisotopic (exact) mass is 292 g/mol. The SMILES string of the molecule is CCN(CC1CCNCC1)C1CCCC(C(F)(F)F)C1. The van der Waals surface area contributed by atoms with E-state index in [1.54, 1.807) is 0 Å². The Morgan fingerprint density at radius 2 is 1.80 bits per heavy atom. The topological polar surface area (TPSA) is 15.3 Å². The molecule has 1 aliphatic heterocycles. The molecular formula is C15H27F3N2. The van der Waals surface area contributed by atoms with Gasteiger partial charge < -0.3 is 10.2 Å². The average molecular weight is 292 g/mol. The Morgan fingerprint density at radius 3 is 2.40 bits per heavy atom. The number of alkyl halides is 3. The van der Waals surface area contributed by atoms with Gasteiger partial charge in [0, 0.05) is 12.6 Å². The van der Waals surface area contributed by atoms with Crippen LogP contribution in [-0.4, -0.2) is 43.3 Å².